The van der Waals surface area contributed by atoms with E-state index in [0.717, 1.165) is 32.1 Å². The molecule has 0 aromatic heterocycles. The summed E-state index contributed by atoms with van der Waals surface area (Å²) in [7, 11) is 0. The van der Waals surface area contributed by atoms with Gasteiger partial charge in [-0.3, -0.25) is 9.59 Å². The molecule has 2 atom stereocenters. The van der Waals surface area contributed by atoms with E-state index in [1.165, 1.54) is 6.42 Å². The molecule has 0 unspecified atom stereocenters. The highest BCUT2D eigenvalue weighted by molar-refractivity contribution is 6.34. The SMILES string of the molecule is NC[C@H]1CC[C@@H](C(=O)Nc2ccc(Cl)c(C(=O)NC3CCCCC3)c2)O1. The van der Waals surface area contributed by atoms with Crippen LogP contribution in [0.25, 0.3) is 0 Å². The summed E-state index contributed by atoms with van der Waals surface area (Å²) in [4.78, 5) is 24.9. The molecule has 0 radical (unpaired) electrons. The first kappa shape index (κ1) is 19.1. The number of anilines is 1. The molecule has 2 fully saturated rings. The maximum atomic E-state index is 12.6. The maximum Gasteiger partial charge on any atom is 0.253 e. The zero-order valence-electron chi connectivity index (χ0n) is 14.8. The third-order valence-corrected chi connectivity index (χ3v) is 5.41. The number of nitrogens with one attached hydrogen (secondary N) is 2. The first-order valence-corrected chi connectivity index (χ1v) is 9.71. The molecular weight excluding hydrogens is 354 g/mol. The molecule has 1 aromatic carbocycles. The van der Waals surface area contributed by atoms with E-state index in [9.17, 15) is 9.59 Å². The number of carbonyl (C=O) groups is 2. The van der Waals surface area contributed by atoms with E-state index in [-0.39, 0.29) is 24.0 Å². The van der Waals surface area contributed by atoms with Gasteiger partial charge in [0.15, 0.2) is 0 Å². The van der Waals surface area contributed by atoms with Crippen molar-refractivity contribution in [3.05, 3.63) is 28.8 Å². The maximum absolute atomic E-state index is 12.6. The quantitative estimate of drug-likeness (QED) is 0.733. The van der Waals surface area contributed by atoms with Gasteiger partial charge in [-0.05, 0) is 43.9 Å². The molecular formula is C19H26ClN3O3. The highest BCUT2D eigenvalue weighted by Gasteiger charge is 2.30. The topological polar surface area (TPSA) is 93.5 Å². The average molecular weight is 380 g/mol. The summed E-state index contributed by atoms with van der Waals surface area (Å²) < 4.78 is 5.60. The Morgan fingerprint density at radius 1 is 1.15 bits per heavy atom. The lowest BCUT2D eigenvalue weighted by molar-refractivity contribution is -0.126. The smallest absolute Gasteiger partial charge is 0.253 e. The summed E-state index contributed by atoms with van der Waals surface area (Å²) in [5, 5.41) is 6.23. The van der Waals surface area contributed by atoms with Gasteiger partial charge in [0.2, 0.25) is 0 Å². The summed E-state index contributed by atoms with van der Waals surface area (Å²) in [6.07, 6.45) is 6.37. The van der Waals surface area contributed by atoms with Gasteiger partial charge in [-0.2, -0.15) is 0 Å². The average Bonchev–Trinajstić information content (AvgIpc) is 3.13. The van der Waals surface area contributed by atoms with Crippen molar-refractivity contribution < 1.29 is 14.3 Å². The predicted molar refractivity (Wildman–Crippen MR) is 101 cm³/mol. The van der Waals surface area contributed by atoms with Gasteiger partial charge in [-0.15, -0.1) is 0 Å². The summed E-state index contributed by atoms with van der Waals surface area (Å²) in [5.41, 5.74) is 6.49. The van der Waals surface area contributed by atoms with Crippen LogP contribution in [0.5, 0.6) is 0 Å². The molecule has 2 amide bonds. The molecule has 4 N–H and O–H groups in total. The zero-order valence-corrected chi connectivity index (χ0v) is 15.6. The van der Waals surface area contributed by atoms with Crippen LogP contribution in [0.4, 0.5) is 5.69 Å². The molecule has 142 valence electrons. The number of hydrogen-bond donors (Lipinski definition) is 3. The number of hydrogen-bond acceptors (Lipinski definition) is 4. The highest BCUT2D eigenvalue weighted by atomic mass is 35.5. The van der Waals surface area contributed by atoms with Gasteiger partial charge in [-0.25, -0.2) is 0 Å². The van der Waals surface area contributed by atoms with Crippen LogP contribution in [0, 0.1) is 0 Å². The van der Waals surface area contributed by atoms with Crippen LogP contribution in [-0.2, 0) is 9.53 Å². The number of ether oxygens (including phenoxy) is 1. The molecule has 1 heterocycles. The van der Waals surface area contributed by atoms with Crippen molar-refractivity contribution in [3.8, 4) is 0 Å². The van der Waals surface area contributed by atoms with E-state index >= 15 is 0 Å². The third kappa shape index (κ3) is 4.75. The van der Waals surface area contributed by atoms with Crippen molar-refractivity contribution >= 4 is 29.1 Å². The second-order valence-electron chi connectivity index (χ2n) is 7.05. The second kappa shape index (κ2) is 8.84. The van der Waals surface area contributed by atoms with Gasteiger partial charge in [0, 0.05) is 18.3 Å². The second-order valence-corrected chi connectivity index (χ2v) is 7.46. The minimum Gasteiger partial charge on any atom is -0.364 e. The van der Waals surface area contributed by atoms with E-state index in [1.54, 1.807) is 18.2 Å². The summed E-state index contributed by atoms with van der Waals surface area (Å²) in [5.74, 6) is -0.416. The monoisotopic (exact) mass is 379 g/mol. The molecule has 26 heavy (non-hydrogen) atoms. The Hall–Kier alpha value is -1.63. The third-order valence-electron chi connectivity index (χ3n) is 5.08. The summed E-state index contributed by atoms with van der Waals surface area (Å²) in [6.45, 7) is 0.413. The Bertz CT molecular complexity index is 661. The molecule has 1 saturated heterocycles. The minimum atomic E-state index is -0.501. The lowest BCUT2D eigenvalue weighted by Gasteiger charge is -2.23. The normalized spacial score (nSPS) is 23.6. The molecule has 2 aliphatic rings. The molecule has 1 aliphatic carbocycles. The van der Waals surface area contributed by atoms with Crippen LogP contribution in [0.1, 0.15) is 55.3 Å². The fourth-order valence-electron chi connectivity index (χ4n) is 3.58. The first-order chi connectivity index (χ1) is 12.6. The van der Waals surface area contributed by atoms with Gasteiger partial charge < -0.3 is 21.1 Å². The summed E-state index contributed by atoms with van der Waals surface area (Å²) in [6, 6.07) is 5.14. The standard InChI is InChI=1S/C19H26ClN3O3/c20-16-8-6-13(23-19(25)17-9-7-14(11-21)26-17)10-15(16)18(24)22-12-4-2-1-3-5-12/h6,8,10,12,14,17H,1-5,7,9,11,21H2,(H,22,24)(H,23,25)/t14-,17+/m1/s1. The van der Waals surface area contributed by atoms with E-state index in [4.69, 9.17) is 22.1 Å². The Balaban J connectivity index is 1.63. The van der Waals surface area contributed by atoms with Crippen molar-refractivity contribution in [3.63, 3.8) is 0 Å². The van der Waals surface area contributed by atoms with Crippen molar-refractivity contribution in [2.24, 2.45) is 5.73 Å². The Kier molecular flexibility index (Phi) is 6.51. The van der Waals surface area contributed by atoms with Crippen LogP contribution < -0.4 is 16.4 Å². The number of rotatable bonds is 5. The molecule has 6 nitrogen and oxygen atoms in total. The van der Waals surface area contributed by atoms with Crippen LogP contribution in [0.15, 0.2) is 18.2 Å². The molecule has 7 heteroatoms. The van der Waals surface area contributed by atoms with Gasteiger partial charge in [0.25, 0.3) is 11.8 Å². The van der Waals surface area contributed by atoms with E-state index in [0.29, 0.717) is 29.2 Å². The van der Waals surface area contributed by atoms with Gasteiger partial charge >= 0.3 is 0 Å². The molecule has 0 bridgehead atoms. The number of benzene rings is 1. The minimum absolute atomic E-state index is 0.0622. The molecule has 0 spiro atoms. The lowest BCUT2D eigenvalue weighted by atomic mass is 9.95. The lowest BCUT2D eigenvalue weighted by Crippen LogP contribution is -2.36. The van der Waals surface area contributed by atoms with Crippen LogP contribution in [0.2, 0.25) is 5.02 Å². The molecule has 1 aromatic rings. The molecule has 1 aliphatic heterocycles. The van der Waals surface area contributed by atoms with Crippen molar-refractivity contribution in [2.75, 3.05) is 11.9 Å². The van der Waals surface area contributed by atoms with E-state index in [2.05, 4.69) is 10.6 Å². The first-order valence-electron chi connectivity index (χ1n) is 9.33. The van der Waals surface area contributed by atoms with Crippen molar-refractivity contribution in [1.82, 2.24) is 5.32 Å². The summed E-state index contributed by atoms with van der Waals surface area (Å²) >= 11 is 6.20. The highest BCUT2D eigenvalue weighted by Crippen LogP contribution is 2.24. The number of nitrogens with two attached hydrogens (primary N) is 1. The van der Waals surface area contributed by atoms with Gasteiger partial charge in [0.1, 0.15) is 6.10 Å². The Morgan fingerprint density at radius 2 is 1.92 bits per heavy atom. The zero-order chi connectivity index (χ0) is 18.5. The van der Waals surface area contributed by atoms with Gasteiger partial charge in [-0.1, -0.05) is 30.9 Å². The van der Waals surface area contributed by atoms with E-state index in [1.807, 2.05) is 0 Å². The van der Waals surface area contributed by atoms with Crippen LogP contribution in [0.3, 0.4) is 0 Å². The molecule has 1 saturated carbocycles. The van der Waals surface area contributed by atoms with Crippen LogP contribution in [-0.4, -0.2) is 36.6 Å². The Labute approximate surface area is 158 Å². The van der Waals surface area contributed by atoms with E-state index < -0.39 is 6.10 Å². The van der Waals surface area contributed by atoms with Gasteiger partial charge in [0.05, 0.1) is 16.7 Å². The fourth-order valence-corrected chi connectivity index (χ4v) is 3.79. The number of carbonyl (C=O) groups excluding carboxylic acids is 2. The predicted octanol–water partition coefficient (Wildman–Crippen LogP) is 2.85. The number of halogens is 1. The van der Waals surface area contributed by atoms with Crippen LogP contribution >= 0.6 is 11.6 Å². The number of amides is 2. The van der Waals surface area contributed by atoms with Crippen molar-refractivity contribution in [1.29, 1.82) is 0 Å². The van der Waals surface area contributed by atoms with Crippen molar-refractivity contribution in [2.45, 2.75) is 63.2 Å². The fraction of sp³-hybridized carbons (Fsp3) is 0.579. The largest absolute Gasteiger partial charge is 0.364 e. The Morgan fingerprint density at radius 3 is 2.62 bits per heavy atom. The molecule has 3 rings (SSSR count).